The van der Waals surface area contributed by atoms with Crippen molar-refractivity contribution in [2.45, 2.75) is 13.3 Å². The van der Waals surface area contributed by atoms with Gasteiger partial charge in [-0.2, -0.15) is 0 Å². The lowest BCUT2D eigenvalue weighted by atomic mass is 10.1. The number of aryl methyl sites for hydroxylation is 1. The van der Waals surface area contributed by atoms with Gasteiger partial charge >= 0.3 is 0 Å². The predicted molar refractivity (Wildman–Crippen MR) is 79.2 cm³/mol. The molecular weight excluding hydrogens is 310 g/mol. The van der Waals surface area contributed by atoms with Gasteiger partial charge in [0.25, 0.3) is 5.91 Å². The Balaban J connectivity index is 1.84. The van der Waals surface area contributed by atoms with Crippen molar-refractivity contribution in [2.75, 3.05) is 6.54 Å². The van der Waals surface area contributed by atoms with Gasteiger partial charge in [-0.3, -0.25) is 4.79 Å². The van der Waals surface area contributed by atoms with Crippen LogP contribution in [-0.2, 0) is 6.42 Å². The van der Waals surface area contributed by atoms with Crippen molar-refractivity contribution in [3.63, 3.8) is 0 Å². The smallest absolute Gasteiger partial charge is 0.261 e. The predicted octanol–water partition coefficient (Wildman–Crippen LogP) is 3.79. The summed E-state index contributed by atoms with van der Waals surface area (Å²) in [5, 5.41) is 2.93. The van der Waals surface area contributed by atoms with Gasteiger partial charge in [0.2, 0.25) is 0 Å². The second-order valence-corrected chi connectivity index (χ2v) is 6.56. The van der Waals surface area contributed by atoms with E-state index >= 15 is 0 Å². The van der Waals surface area contributed by atoms with Crippen LogP contribution < -0.4 is 5.32 Å². The van der Waals surface area contributed by atoms with Crippen LogP contribution >= 0.6 is 27.3 Å². The van der Waals surface area contributed by atoms with Crippen LogP contribution in [-0.4, -0.2) is 12.5 Å². The minimum atomic E-state index is -0.00152. The summed E-state index contributed by atoms with van der Waals surface area (Å²) in [5.74, 6) is -0.00152. The zero-order chi connectivity index (χ0) is 13.0. The van der Waals surface area contributed by atoms with E-state index in [0.717, 1.165) is 15.1 Å². The van der Waals surface area contributed by atoms with Gasteiger partial charge in [-0.1, -0.05) is 29.8 Å². The topological polar surface area (TPSA) is 29.1 Å². The van der Waals surface area contributed by atoms with Crippen LogP contribution in [0.25, 0.3) is 0 Å². The Morgan fingerprint density at radius 2 is 2.17 bits per heavy atom. The molecule has 0 unspecified atom stereocenters. The van der Waals surface area contributed by atoms with Crippen molar-refractivity contribution >= 4 is 33.2 Å². The summed E-state index contributed by atoms with van der Waals surface area (Å²) in [6.45, 7) is 2.74. The van der Waals surface area contributed by atoms with E-state index in [4.69, 9.17) is 0 Å². The van der Waals surface area contributed by atoms with Crippen LogP contribution in [0.2, 0.25) is 0 Å². The first kappa shape index (κ1) is 13.3. The van der Waals surface area contributed by atoms with Gasteiger partial charge in [-0.25, -0.2) is 0 Å². The molecule has 0 radical (unpaired) electrons. The molecular formula is C14H14BrNOS. The molecule has 1 N–H and O–H groups in total. The first-order valence-electron chi connectivity index (χ1n) is 5.74. The Hall–Kier alpha value is -1.13. The normalized spacial score (nSPS) is 10.3. The van der Waals surface area contributed by atoms with Crippen molar-refractivity contribution in [1.82, 2.24) is 5.32 Å². The number of carbonyl (C=O) groups excluding carboxylic acids is 1. The molecule has 0 fully saturated rings. The summed E-state index contributed by atoms with van der Waals surface area (Å²) < 4.78 is 0.978. The monoisotopic (exact) mass is 323 g/mol. The largest absolute Gasteiger partial charge is 0.351 e. The molecule has 1 heterocycles. The van der Waals surface area contributed by atoms with Crippen LogP contribution in [0.1, 0.15) is 20.8 Å². The summed E-state index contributed by atoms with van der Waals surface area (Å²) in [5.41, 5.74) is 2.50. The van der Waals surface area contributed by atoms with Crippen LogP contribution in [0.3, 0.4) is 0 Å². The summed E-state index contributed by atoms with van der Waals surface area (Å²) in [7, 11) is 0. The molecule has 0 atom stereocenters. The lowest BCUT2D eigenvalue weighted by molar-refractivity contribution is 0.0958. The second-order valence-electron chi connectivity index (χ2n) is 4.10. The van der Waals surface area contributed by atoms with E-state index in [1.807, 2.05) is 18.2 Å². The van der Waals surface area contributed by atoms with Crippen molar-refractivity contribution in [3.05, 3.63) is 56.2 Å². The molecule has 2 nitrogen and oxygen atoms in total. The average Bonchev–Trinajstić information content (AvgIpc) is 2.76. The van der Waals surface area contributed by atoms with Crippen molar-refractivity contribution < 1.29 is 4.79 Å². The maximum atomic E-state index is 11.8. The maximum Gasteiger partial charge on any atom is 0.261 e. The van der Waals surface area contributed by atoms with Gasteiger partial charge in [0, 0.05) is 6.54 Å². The number of nitrogens with one attached hydrogen (secondary N) is 1. The molecule has 2 aromatic rings. The molecule has 94 valence electrons. The highest BCUT2D eigenvalue weighted by Gasteiger charge is 2.07. The summed E-state index contributed by atoms with van der Waals surface area (Å²) in [4.78, 5) is 12.5. The number of rotatable bonds is 4. The van der Waals surface area contributed by atoms with E-state index in [1.54, 1.807) is 0 Å². The number of halogens is 1. The second kappa shape index (κ2) is 6.16. The molecule has 18 heavy (non-hydrogen) atoms. The van der Waals surface area contributed by atoms with Gasteiger partial charge < -0.3 is 5.32 Å². The van der Waals surface area contributed by atoms with E-state index in [9.17, 15) is 4.79 Å². The van der Waals surface area contributed by atoms with Gasteiger partial charge in [0.05, 0.1) is 8.66 Å². The fourth-order valence-corrected chi connectivity index (χ4v) is 3.01. The Morgan fingerprint density at radius 3 is 2.83 bits per heavy atom. The number of carbonyl (C=O) groups is 1. The maximum absolute atomic E-state index is 11.8. The van der Waals surface area contributed by atoms with Crippen LogP contribution in [0.5, 0.6) is 0 Å². The highest BCUT2D eigenvalue weighted by molar-refractivity contribution is 9.11. The fraction of sp³-hybridized carbons (Fsp3) is 0.214. The molecule has 0 bridgehead atoms. The van der Waals surface area contributed by atoms with Crippen molar-refractivity contribution in [2.24, 2.45) is 0 Å². The SMILES string of the molecule is Cc1cccc(CCNC(=O)c2ccc(Br)s2)c1. The molecule has 0 aliphatic carbocycles. The van der Waals surface area contributed by atoms with Crippen molar-refractivity contribution in [3.8, 4) is 0 Å². The van der Waals surface area contributed by atoms with Gasteiger partial charge in [-0.15, -0.1) is 11.3 Å². The molecule has 4 heteroatoms. The lowest BCUT2D eigenvalue weighted by Crippen LogP contribution is -2.24. The van der Waals surface area contributed by atoms with Crippen LogP contribution in [0.4, 0.5) is 0 Å². The zero-order valence-electron chi connectivity index (χ0n) is 10.1. The molecule has 0 aliphatic rings. The molecule has 1 aromatic carbocycles. The molecule has 0 spiro atoms. The van der Waals surface area contributed by atoms with E-state index in [1.165, 1.54) is 22.5 Å². The van der Waals surface area contributed by atoms with Gasteiger partial charge in [0.15, 0.2) is 0 Å². The fourth-order valence-electron chi connectivity index (χ4n) is 1.71. The van der Waals surface area contributed by atoms with E-state index in [-0.39, 0.29) is 5.91 Å². The number of amides is 1. The van der Waals surface area contributed by atoms with Crippen LogP contribution in [0.15, 0.2) is 40.2 Å². The Morgan fingerprint density at radius 1 is 1.33 bits per heavy atom. The summed E-state index contributed by atoms with van der Waals surface area (Å²) in [6, 6.07) is 12.1. The molecule has 0 saturated carbocycles. The number of hydrogen-bond acceptors (Lipinski definition) is 2. The van der Waals surface area contributed by atoms with E-state index in [2.05, 4.69) is 46.4 Å². The zero-order valence-corrected chi connectivity index (χ0v) is 12.5. The number of hydrogen-bond donors (Lipinski definition) is 1. The number of benzene rings is 1. The average molecular weight is 324 g/mol. The quantitative estimate of drug-likeness (QED) is 0.911. The van der Waals surface area contributed by atoms with E-state index < -0.39 is 0 Å². The molecule has 1 amide bonds. The van der Waals surface area contributed by atoms with Crippen molar-refractivity contribution in [1.29, 1.82) is 0 Å². The molecule has 1 aromatic heterocycles. The van der Waals surface area contributed by atoms with E-state index in [0.29, 0.717) is 6.54 Å². The lowest BCUT2D eigenvalue weighted by Gasteiger charge is -2.04. The molecule has 0 saturated heterocycles. The summed E-state index contributed by atoms with van der Waals surface area (Å²) >= 11 is 4.80. The first-order chi connectivity index (χ1) is 8.65. The number of thiophene rings is 1. The molecule has 0 aliphatic heterocycles. The van der Waals surface area contributed by atoms with Gasteiger partial charge in [0.1, 0.15) is 0 Å². The minimum absolute atomic E-state index is 0.00152. The summed E-state index contributed by atoms with van der Waals surface area (Å²) in [6.07, 6.45) is 0.861. The minimum Gasteiger partial charge on any atom is -0.351 e. The Bertz CT molecular complexity index is 550. The third-order valence-corrected chi connectivity index (χ3v) is 4.20. The molecule has 2 rings (SSSR count). The Kier molecular flexibility index (Phi) is 4.55. The Labute approximate surface area is 119 Å². The highest BCUT2D eigenvalue weighted by Crippen LogP contribution is 2.21. The van der Waals surface area contributed by atoms with Crippen LogP contribution in [0, 0.1) is 6.92 Å². The highest BCUT2D eigenvalue weighted by atomic mass is 79.9. The van der Waals surface area contributed by atoms with Gasteiger partial charge in [-0.05, 0) is 47.0 Å². The third-order valence-electron chi connectivity index (χ3n) is 2.58. The standard InChI is InChI=1S/C14H14BrNOS/c1-10-3-2-4-11(9-10)7-8-16-14(17)12-5-6-13(15)18-12/h2-6,9H,7-8H2,1H3,(H,16,17). The first-order valence-corrected chi connectivity index (χ1v) is 7.35. The third kappa shape index (κ3) is 3.68.